The van der Waals surface area contributed by atoms with E-state index in [0.717, 1.165) is 30.2 Å². The smallest absolute Gasteiger partial charge is 0.465 e. The van der Waals surface area contributed by atoms with Gasteiger partial charge in [-0.05, 0) is 66.7 Å². The highest BCUT2D eigenvalue weighted by Crippen LogP contribution is 2.85. The lowest BCUT2D eigenvalue weighted by molar-refractivity contribution is -0.210. The normalized spacial score (nSPS) is 40.5. The van der Waals surface area contributed by atoms with Gasteiger partial charge in [0.15, 0.2) is 0 Å². The van der Waals surface area contributed by atoms with Gasteiger partial charge in [-0.3, -0.25) is 4.79 Å². The van der Waals surface area contributed by atoms with Gasteiger partial charge in [-0.2, -0.15) is 0 Å². The zero-order valence-corrected chi connectivity index (χ0v) is 26.4. The number of benzene rings is 2. The van der Waals surface area contributed by atoms with Gasteiger partial charge in [0.05, 0.1) is 32.0 Å². The van der Waals surface area contributed by atoms with E-state index in [1.165, 1.54) is 12.0 Å². The molecule has 8 rings (SSSR count). The average Bonchev–Trinajstić information content (AvgIpc) is 3.86. The zero-order valence-electron chi connectivity index (χ0n) is 26.4. The molecule has 2 unspecified atom stereocenters. The summed E-state index contributed by atoms with van der Waals surface area (Å²) in [6.45, 7) is 10.1. The van der Waals surface area contributed by atoms with Crippen molar-refractivity contribution < 1.29 is 28.1 Å². The minimum Gasteiger partial charge on any atom is -0.465 e. The van der Waals surface area contributed by atoms with E-state index in [2.05, 4.69) is 51.1 Å². The van der Waals surface area contributed by atoms with Gasteiger partial charge in [-0.15, -0.1) is 0 Å². The molecule has 0 N–H and O–H groups in total. The molecule has 2 aliphatic heterocycles. The van der Waals surface area contributed by atoms with Gasteiger partial charge in [0.2, 0.25) is 0 Å². The molecule has 0 radical (unpaired) electrons. The van der Waals surface area contributed by atoms with Gasteiger partial charge in [-0.25, -0.2) is 0 Å². The number of carbonyl (C=O) groups excluding carboxylic acids is 1. The predicted molar refractivity (Wildman–Crippen MR) is 170 cm³/mol. The SMILES string of the molecule is CCOC(=O)[C@@]12C(C(C)C)=C[C@@H]3C[C@]1(C1COB(c4ccccc4)O1)[C@@H]1CC[C@@H](C)[C@H]1C[C@]32C1COB(c2ccccc2)O1. The summed E-state index contributed by atoms with van der Waals surface area (Å²) in [5.74, 6) is 1.65. The minimum absolute atomic E-state index is 0.0866. The molecule has 230 valence electrons. The summed E-state index contributed by atoms with van der Waals surface area (Å²) in [4.78, 5) is 15.2. The van der Waals surface area contributed by atoms with Crippen LogP contribution >= 0.6 is 0 Å². The Balaban J connectivity index is 1.31. The van der Waals surface area contributed by atoms with E-state index in [-0.39, 0.29) is 30.0 Å². The fourth-order valence-electron chi connectivity index (χ4n) is 11.4. The number of hydrogen-bond acceptors (Lipinski definition) is 6. The van der Waals surface area contributed by atoms with Crippen LogP contribution in [-0.2, 0) is 28.1 Å². The molecular weight excluding hydrogens is 550 g/mol. The quantitative estimate of drug-likeness (QED) is 0.261. The Morgan fingerprint density at radius 2 is 1.48 bits per heavy atom. The Hall–Kier alpha value is -2.38. The minimum atomic E-state index is -0.876. The Kier molecular flexibility index (Phi) is 6.99. The topological polar surface area (TPSA) is 63.2 Å². The molecule has 2 aromatic rings. The van der Waals surface area contributed by atoms with Crippen LogP contribution in [0.5, 0.6) is 0 Å². The number of rotatable bonds is 7. The first-order valence-corrected chi connectivity index (χ1v) is 16.9. The highest BCUT2D eigenvalue weighted by molar-refractivity contribution is 6.62. The predicted octanol–water partition coefficient (Wildman–Crippen LogP) is 4.81. The molecule has 6 aliphatic rings. The first kappa shape index (κ1) is 29.1. The van der Waals surface area contributed by atoms with Crippen LogP contribution in [0.25, 0.3) is 0 Å². The summed E-state index contributed by atoms with van der Waals surface area (Å²) in [7, 11) is -0.887. The van der Waals surface area contributed by atoms with Gasteiger partial charge in [0, 0.05) is 10.8 Å². The van der Waals surface area contributed by atoms with Crippen molar-refractivity contribution in [1.29, 1.82) is 0 Å². The van der Waals surface area contributed by atoms with Crippen LogP contribution in [0.4, 0.5) is 0 Å². The van der Waals surface area contributed by atoms with Gasteiger partial charge >= 0.3 is 20.2 Å². The summed E-state index contributed by atoms with van der Waals surface area (Å²) in [5.41, 5.74) is 1.46. The van der Waals surface area contributed by atoms with E-state index in [1.54, 1.807) is 0 Å². The van der Waals surface area contributed by atoms with Crippen molar-refractivity contribution in [3.63, 3.8) is 0 Å². The molecule has 44 heavy (non-hydrogen) atoms. The Bertz CT molecular complexity index is 1430. The molecule has 5 fully saturated rings. The number of allylic oxidation sites excluding steroid dienone is 1. The van der Waals surface area contributed by atoms with Gasteiger partial charge in [-0.1, -0.05) is 99.5 Å². The van der Waals surface area contributed by atoms with Crippen molar-refractivity contribution in [2.75, 3.05) is 19.8 Å². The average molecular weight is 594 g/mol. The van der Waals surface area contributed by atoms with Crippen molar-refractivity contribution in [2.45, 2.75) is 65.6 Å². The number of carbonyl (C=O) groups is 1. The van der Waals surface area contributed by atoms with Crippen molar-refractivity contribution in [1.82, 2.24) is 0 Å². The summed E-state index contributed by atoms with van der Waals surface area (Å²) in [5, 5.41) is 0. The van der Waals surface area contributed by atoms with Gasteiger partial charge in [0.25, 0.3) is 0 Å². The van der Waals surface area contributed by atoms with Crippen molar-refractivity contribution in [3.05, 3.63) is 72.3 Å². The second-order valence-corrected chi connectivity index (χ2v) is 14.6. The maximum atomic E-state index is 15.2. The molecule has 8 heteroatoms. The molecule has 0 aromatic heterocycles. The number of hydrogen-bond donors (Lipinski definition) is 0. The first-order chi connectivity index (χ1) is 21.4. The first-order valence-electron chi connectivity index (χ1n) is 16.9. The van der Waals surface area contributed by atoms with Crippen LogP contribution in [-0.4, -0.2) is 52.2 Å². The van der Waals surface area contributed by atoms with Gasteiger partial charge < -0.3 is 23.4 Å². The molecule has 6 nitrogen and oxygen atoms in total. The third kappa shape index (κ3) is 3.63. The molecule has 3 saturated carbocycles. The summed E-state index contributed by atoms with van der Waals surface area (Å²) < 4.78 is 33.3. The van der Waals surface area contributed by atoms with Crippen LogP contribution in [0.15, 0.2) is 72.3 Å². The lowest BCUT2D eigenvalue weighted by atomic mass is 9.40. The molecule has 2 aromatic carbocycles. The van der Waals surface area contributed by atoms with Crippen LogP contribution < -0.4 is 10.9 Å². The van der Waals surface area contributed by atoms with Crippen LogP contribution in [0, 0.1) is 45.8 Å². The monoisotopic (exact) mass is 594 g/mol. The van der Waals surface area contributed by atoms with E-state index in [1.807, 2.05) is 43.3 Å². The van der Waals surface area contributed by atoms with Crippen LogP contribution in [0.3, 0.4) is 0 Å². The van der Waals surface area contributed by atoms with Gasteiger partial charge in [0.1, 0.15) is 5.41 Å². The highest BCUT2D eigenvalue weighted by atomic mass is 16.7. The maximum Gasteiger partial charge on any atom is 0.494 e. The van der Waals surface area contributed by atoms with E-state index in [0.29, 0.717) is 37.6 Å². The zero-order chi connectivity index (χ0) is 30.3. The van der Waals surface area contributed by atoms with E-state index >= 15 is 4.79 Å². The molecule has 0 spiro atoms. The van der Waals surface area contributed by atoms with E-state index in [4.69, 9.17) is 23.4 Å². The standard InChI is InChI=1S/C36H44B2O6/c1-5-40-33(39)36-30(23(2)3)18-25-19-35(36,32-22-42-38(44-32)27-14-10-7-11-15-27)29-17-16-24(4)28(29)20-34(25,36)31-21-41-37(43-31)26-12-8-6-9-13-26/h6-15,18,23-25,28-29,31-32H,5,16-17,19-22H2,1-4H3/t24-,25-,28-,29-,31?,32?,34-,35-,36-/m1/s1. The Morgan fingerprint density at radius 1 is 0.886 bits per heavy atom. The second kappa shape index (κ2) is 10.6. The highest BCUT2D eigenvalue weighted by Gasteiger charge is 2.88. The Morgan fingerprint density at radius 3 is 2.05 bits per heavy atom. The van der Waals surface area contributed by atoms with E-state index < -0.39 is 30.5 Å². The lowest BCUT2D eigenvalue weighted by Crippen LogP contribution is -2.69. The Labute approximate surface area is 262 Å². The molecule has 4 aliphatic carbocycles. The third-order valence-electron chi connectivity index (χ3n) is 12.7. The van der Waals surface area contributed by atoms with Crippen molar-refractivity contribution >= 4 is 31.1 Å². The molecule has 2 heterocycles. The maximum absolute atomic E-state index is 15.2. The second-order valence-electron chi connectivity index (χ2n) is 14.6. The van der Waals surface area contributed by atoms with Crippen molar-refractivity contribution in [2.24, 2.45) is 45.8 Å². The largest absolute Gasteiger partial charge is 0.494 e. The molecule has 9 atom stereocenters. The molecule has 4 bridgehead atoms. The fraction of sp³-hybridized carbons (Fsp3) is 0.583. The fourth-order valence-corrected chi connectivity index (χ4v) is 11.4. The number of ether oxygens (including phenoxy) is 1. The summed E-state index contributed by atoms with van der Waals surface area (Å²) in [6.07, 6.45) is 6.11. The summed E-state index contributed by atoms with van der Waals surface area (Å²) in [6, 6.07) is 20.5. The molecule has 2 saturated heterocycles. The van der Waals surface area contributed by atoms with E-state index in [9.17, 15) is 0 Å². The number of fused-ring (bicyclic) bond motifs is 2. The number of esters is 1. The van der Waals surface area contributed by atoms with Crippen LogP contribution in [0.1, 0.15) is 53.4 Å². The molecular formula is C36H44B2O6. The lowest BCUT2D eigenvalue weighted by Gasteiger charge is -2.63. The molecule has 0 amide bonds. The van der Waals surface area contributed by atoms with Crippen LogP contribution in [0.2, 0.25) is 0 Å². The third-order valence-corrected chi connectivity index (χ3v) is 12.7. The van der Waals surface area contributed by atoms with Crippen molar-refractivity contribution in [3.8, 4) is 0 Å². The summed E-state index contributed by atoms with van der Waals surface area (Å²) >= 11 is 0.